The van der Waals surface area contributed by atoms with E-state index in [0.29, 0.717) is 11.3 Å². The molecule has 2 nitrogen and oxygen atoms in total. The van der Waals surface area contributed by atoms with Gasteiger partial charge in [0.1, 0.15) is 6.29 Å². The average Bonchev–Trinajstić information content (AvgIpc) is 2.17. The zero-order valence-corrected chi connectivity index (χ0v) is 10.4. The van der Waals surface area contributed by atoms with Crippen LogP contribution in [-0.4, -0.2) is 19.4 Å². The zero-order valence-electron chi connectivity index (χ0n) is 10.4. The first-order chi connectivity index (χ1) is 7.03. The monoisotopic (exact) mass is 211 g/mol. The molecular formula is C13H25NO. The van der Waals surface area contributed by atoms with E-state index in [9.17, 15) is 4.79 Å². The second-order valence-electron chi connectivity index (χ2n) is 6.01. The lowest BCUT2D eigenvalue weighted by atomic mass is 9.74. The molecule has 1 rings (SSSR count). The van der Waals surface area contributed by atoms with Gasteiger partial charge in [0.2, 0.25) is 0 Å². The number of carbonyl (C=O) groups is 1. The Bertz CT molecular complexity index is 189. The maximum Gasteiger partial charge on any atom is 0.120 e. The number of rotatable bonds is 4. The van der Waals surface area contributed by atoms with Crippen LogP contribution < -0.4 is 5.32 Å². The van der Waals surface area contributed by atoms with Crippen LogP contribution in [-0.2, 0) is 4.79 Å². The van der Waals surface area contributed by atoms with Gasteiger partial charge < -0.3 is 10.1 Å². The second-order valence-corrected chi connectivity index (χ2v) is 6.01. The lowest BCUT2D eigenvalue weighted by Crippen LogP contribution is -2.33. The first-order valence-electron chi connectivity index (χ1n) is 6.17. The van der Waals surface area contributed by atoms with Crippen LogP contribution >= 0.6 is 0 Å². The molecule has 0 spiro atoms. The molecule has 88 valence electrons. The van der Waals surface area contributed by atoms with E-state index in [1.165, 1.54) is 19.3 Å². The molecule has 0 aromatic rings. The zero-order chi connectivity index (χ0) is 11.3. The Balaban J connectivity index is 2.51. The minimum atomic E-state index is 0.346. The molecule has 1 saturated heterocycles. The molecule has 0 saturated carbocycles. The summed E-state index contributed by atoms with van der Waals surface area (Å²) in [5.74, 6) is 1.36. The Labute approximate surface area is 93.8 Å². The number of nitrogens with one attached hydrogen (secondary N) is 1. The van der Waals surface area contributed by atoms with E-state index >= 15 is 0 Å². The molecule has 0 amide bonds. The summed E-state index contributed by atoms with van der Waals surface area (Å²) in [7, 11) is 0. The van der Waals surface area contributed by atoms with Crippen molar-refractivity contribution in [1.29, 1.82) is 0 Å². The fraction of sp³-hybridized carbons (Fsp3) is 0.923. The molecular weight excluding hydrogens is 186 g/mol. The molecule has 0 radical (unpaired) electrons. The van der Waals surface area contributed by atoms with Crippen LogP contribution in [0.5, 0.6) is 0 Å². The average molecular weight is 211 g/mol. The van der Waals surface area contributed by atoms with Crippen LogP contribution in [0.4, 0.5) is 0 Å². The normalized spacial score (nSPS) is 21.3. The highest BCUT2D eigenvalue weighted by Gasteiger charge is 2.27. The summed E-state index contributed by atoms with van der Waals surface area (Å²) in [5, 5.41) is 3.39. The maximum absolute atomic E-state index is 10.7. The SMILES string of the molecule is CC(C)(C)CC(CC=O)C1CCNCC1. The van der Waals surface area contributed by atoms with Crippen molar-refractivity contribution in [3.8, 4) is 0 Å². The molecule has 1 aliphatic heterocycles. The van der Waals surface area contributed by atoms with Gasteiger partial charge in [0.25, 0.3) is 0 Å². The van der Waals surface area contributed by atoms with Crippen molar-refractivity contribution < 1.29 is 4.79 Å². The third-order valence-electron chi connectivity index (χ3n) is 3.32. The molecule has 1 unspecified atom stereocenters. The Morgan fingerprint density at radius 2 is 1.93 bits per heavy atom. The molecule has 1 heterocycles. The molecule has 1 fully saturated rings. The first kappa shape index (κ1) is 12.7. The number of aldehydes is 1. The predicted octanol–water partition coefficient (Wildman–Crippen LogP) is 2.63. The maximum atomic E-state index is 10.7. The lowest BCUT2D eigenvalue weighted by Gasteiger charge is -2.33. The molecule has 15 heavy (non-hydrogen) atoms. The van der Waals surface area contributed by atoms with Crippen LogP contribution in [0.3, 0.4) is 0 Å². The fourth-order valence-corrected chi connectivity index (χ4v) is 2.67. The standard InChI is InChI=1S/C13H25NO/c1-13(2,3)10-12(6-9-15)11-4-7-14-8-5-11/h9,11-12,14H,4-8,10H2,1-3H3. The van der Waals surface area contributed by atoms with Gasteiger partial charge in [-0.2, -0.15) is 0 Å². The highest BCUT2D eigenvalue weighted by molar-refractivity contribution is 5.49. The van der Waals surface area contributed by atoms with Crippen molar-refractivity contribution in [3.63, 3.8) is 0 Å². The van der Waals surface area contributed by atoms with Gasteiger partial charge in [-0.05, 0) is 49.6 Å². The van der Waals surface area contributed by atoms with Crippen molar-refractivity contribution in [1.82, 2.24) is 5.32 Å². The van der Waals surface area contributed by atoms with E-state index in [1.807, 2.05) is 0 Å². The third-order valence-corrected chi connectivity index (χ3v) is 3.32. The van der Waals surface area contributed by atoms with Gasteiger partial charge in [-0.1, -0.05) is 20.8 Å². The quantitative estimate of drug-likeness (QED) is 0.724. The van der Waals surface area contributed by atoms with Crippen LogP contribution in [0.1, 0.15) is 46.5 Å². The summed E-state index contributed by atoms with van der Waals surface area (Å²) >= 11 is 0. The highest BCUT2D eigenvalue weighted by atomic mass is 16.1. The predicted molar refractivity (Wildman–Crippen MR) is 63.8 cm³/mol. The first-order valence-corrected chi connectivity index (χ1v) is 6.17. The minimum Gasteiger partial charge on any atom is -0.317 e. The van der Waals surface area contributed by atoms with Crippen LogP contribution in [0.25, 0.3) is 0 Å². The summed E-state index contributed by atoms with van der Waals surface area (Å²) in [6.07, 6.45) is 5.53. The van der Waals surface area contributed by atoms with E-state index in [1.54, 1.807) is 0 Å². The molecule has 0 bridgehead atoms. The number of carbonyl (C=O) groups excluding carboxylic acids is 1. The van der Waals surface area contributed by atoms with Crippen molar-refractivity contribution in [3.05, 3.63) is 0 Å². The van der Waals surface area contributed by atoms with Crippen molar-refractivity contribution in [2.24, 2.45) is 17.3 Å². The Morgan fingerprint density at radius 3 is 2.40 bits per heavy atom. The summed E-state index contributed by atoms with van der Waals surface area (Å²) in [5.41, 5.74) is 0.346. The molecule has 0 aliphatic carbocycles. The summed E-state index contributed by atoms with van der Waals surface area (Å²) in [6, 6.07) is 0. The van der Waals surface area contributed by atoms with Crippen molar-refractivity contribution in [2.75, 3.05) is 13.1 Å². The second kappa shape index (κ2) is 5.64. The molecule has 1 aliphatic rings. The summed E-state index contributed by atoms with van der Waals surface area (Å²) < 4.78 is 0. The number of hydrogen-bond acceptors (Lipinski definition) is 2. The van der Waals surface area contributed by atoms with Gasteiger partial charge in [0.15, 0.2) is 0 Å². The van der Waals surface area contributed by atoms with Gasteiger partial charge in [0, 0.05) is 6.42 Å². The highest BCUT2D eigenvalue weighted by Crippen LogP contribution is 2.34. The van der Waals surface area contributed by atoms with Crippen molar-refractivity contribution in [2.45, 2.75) is 46.5 Å². The Kier molecular flexibility index (Phi) is 4.78. The van der Waals surface area contributed by atoms with E-state index in [0.717, 1.165) is 31.7 Å². The molecule has 1 N–H and O–H groups in total. The summed E-state index contributed by atoms with van der Waals surface area (Å²) in [6.45, 7) is 9.07. The van der Waals surface area contributed by atoms with E-state index < -0.39 is 0 Å². The van der Waals surface area contributed by atoms with Crippen LogP contribution in [0.15, 0.2) is 0 Å². The topological polar surface area (TPSA) is 29.1 Å². The van der Waals surface area contributed by atoms with Gasteiger partial charge in [-0.15, -0.1) is 0 Å². The number of hydrogen-bond donors (Lipinski definition) is 1. The van der Waals surface area contributed by atoms with E-state index in [4.69, 9.17) is 0 Å². The van der Waals surface area contributed by atoms with Crippen LogP contribution in [0, 0.1) is 17.3 Å². The van der Waals surface area contributed by atoms with Gasteiger partial charge >= 0.3 is 0 Å². The van der Waals surface area contributed by atoms with Gasteiger partial charge in [-0.25, -0.2) is 0 Å². The molecule has 0 aromatic carbocycles. The van der Waals surface area contributed by atoms with Gasteiger partial charge in [0.05, 0.1) is 0 Å². The minimum absolute atomic E-state index is 0.346. The molecule has 1 atom stereocenters. The largest absolute Gasteiger partial charge is 0.317 e. The van der Waals surface area contributed by atoms with Gasteiger partial charge in [-0.3, -0.25) is 0 Å². The third kappa shape index (κ3) is 4.78. The number of piperidine rings is 1. The smallest absolute Gasteiger partial charge is 0.120 e. The van der Waals surface area contributed by atoms with E-state index in [-0.39, 0.29) is 0 Å². The molecule has 0 aromatic heterocycles. The molecule has 2 heteroatoms. The van der Waals surface area contributed by atoms with Crippen molar-refractivity contribution >= 4 is 6.29 Å². The summed E-state index contributed by atoms with van der Waals surface area (Å²) in [4.78, 5) is 10.7. The fourth-order valence-electron chi connectivity index (χ4n) is 2.67. The Hall–Kier alpha value is -0.370. The van der Waals surface area contributed by atoms with E-state index in [2.05, 4.69) is 26.1 Å². The van der Waals surface area contributed by atoms with Crippen LogP contribution in [0.2, 0.25) is 0 Å². The Morgan fingerprint density at radius 1 is 1.33 bits per heavy atom. The lowest BCUT2D eigenvalue weighted by molar-refractivity contribution is -0.109.